The fourth-order valence-electron chi connectivity index (χ4n) is 5.00. The van der Waals surface area contributed by atoms with Crippen LogP contribution in [0.15, 0.2) is 42.6 Å². The first-order valence-corrected chi connectivity index (χ1v) is 18.1. The Morgan fingerprint density at radius 2 is 1.57 bits per heavy atom. The van der Waals surface area contributed by atoms with Crippen LogP contribution in [0.5, 0.6) is 0 Å². The summed E-state index contributed by atoms with van der Waals surface area (Å²) in [5.41, 5.74) is 1.02. The van der Waals surface area contributed by atoms with Crippen LogP contribution < -0.4 is 16.0 Å². The van der Waals surface area contributed by atoms with Crippen LogP contribution in [0, 0.1) is 0 Å². The van der Waals surface area contributed by atoms with Gasteiger partial charge >= 0.3 is 12.1 Å². The minimum absolute atomic E-state index is 0.203. The maximum atomic E-state index is 13.3. The summed E-state index contributed by atoms with van der Waals surface area (Å²) in [6.45, 7) is 8.99. The van der Waals surface area contributed by atoms with E-state index in [-0.39, 0.29) is 12.2 Å². The number of ether oxygens (including phenoxy) is 2. The van der Waals surface area contributed by atoms with Gasteiger partial charge in [0.1, 0.15) is 23.7 Å². The molecule has 2 aromatic rings. The van der Waals surface area contributed by atoms with E-state index >= 15 is 0 Å². The van der Waals surface area contributed by atoms with E-state index in [1.54, 1.807) is 27.0 Å². The lowest BCUT2D eigenvalue weighted by Crippen LogP contribution is -2.56. The van der Waals surface area contributed by atoms with Crippen molar-refractivity contribution in [2.24, 2.45) is 0 Å². The van der Waals surface area contributed by atoms with Crippen molar-refractivity contribution in [3.8, 4) is 0 Å². The van der Waals surface area contributed by atoms with Crippen molar-refractivity contribution >= 4 is 46.5 Å². The summed E-state index contributed by atoms with van der Waals surface area (Å²) in [7, 11) is 1.26. The van der Waals surface area contributed by atoms with Crippen molar-refractivity contribution in [2.45, 2.75) is 123 Å². The molecule has 0 fully saturated rings. The van der Waals surface area contributed by atoms with E-state index in [1.165, 1.54) is 77.2 Å². The molecule has 3 amide bonds. The van der Waals surface area contributed by atoms with Gasteiger partial charge in [0.2, 0.25) is 11.8 Å². The van der Waals surface area contributed by atoms with E-state index in [2.05, 4.69) is 40.0 Å². The zero-order valence-corrected chi connectivity index (χ0v) is 29.9. The summed E-state index contributed by atoms with van der Waals surface area (Å²) < 4.78 is 10.3. The van der Waals surface area contributed by atoms with Gasteiger partial charge in [0.05, 0.1) is 7.11 Å². The second-order valence-electron chi connectivity index (χ2n) is 12.8. The number of thioether (sulfide) groups is 1. The molecule has 1 aromatic heterocycles. The number of aromatic nitrogens is 1. The minimum atomic E-state index is -0.989. The van der Waals surface area contributed by atoms with Crippen LogP contribution in [0.25, 0.3) is 10.9 Å². The number of nitrogens with one attached hydrogen (secondary N) is 4. The SMILES string of the molecule is CCCCCCCCCCC=CCSC[C@H](NC(=O)OC(C)(C)C)C(=O)N[C@@H](C)C(=O)N[C@@H](Cc1c[nH]c2ccccc12)C(=O)OC. The molecule has 262 valence electrons. The molecule has 0 aliphatic heterocycles. The molecular weight excluding hydrogens is 616 g/mol. The topological polar surface area (TPSA) is 139 Å². The standard InChI is InChI=1S/C36H56N4O6S/c1-7-8-9-10-11-12-13-14-15-16-19-22-47-25-31(40-35(44)46-36(3,4)5)33(42)38-26(2)32(41)39-30(34(43)45-6)23-27-24-37-29-21-18-17-20-28(27)29/h16-21,24,26,30-31,37H,7-15,22-23,25H2,1-6H3,(H,38,42)(H,39,41)(H,40,44)/t26-,30-,31-/m0/s1. The van der Waals surface area contributed by atoms with E-state index in [1.807, 2.05) is 24.3 Å². The Bertz CT molecular complexity index is 1290. The quantitative estimate of drug-likeness (QED) is 0.0667. The van der Waals surface area contributed by atoms with Crippen molar-refractivity contribution in [3.63, 3.8) is 0 Å². The molecule has 47 heavy (non-hydrogen) atoms. The first-order chi connectivity index (χ1) is 22.4. The summed E-state index contributed by atoms with van der Waals surface area (Å²) in [5.74, 6) is -0.714. The average Bonchev–Trinajstić information content (AvgIpc) is 3.43. The molecule has 0 aliphatic rings. The Morgan fingerprint density at radius 3 is 2.26 bits per heavy atom. The third-order valence-corrected chi connectivity index (χ3v) is 8.55. The Balaban J connectivity index is 1.91. The number of unbranched alkanes of at least 4 members (excludes halogenated alkanes) is 8. The van der Waals surface area contributed by atoms with Gasteiger partial charge in [-0.15, -0.1) is 0 Å². The number of amides is 3. The Morgan fingerprint density at radius 1 is 0.894 bits per heavy atom. The number of H-pyrrole nitrogens is 1. The molecule has 11 heteroatoms. The monoisotopic (exact) mass is 672 g/mol. The number of carbonyl (C=O) groups is 4. The Kier molecular flexibility index (Phi) is 18.1. The third kappa shape index (κ3) is 15.8. The summed E-state index contributed by atoms with van der Waals surface area (Å²) in [6, 6.07) is 4.78. The van der Waals surface area contributed by atoms with Crippen LogP contribution in [0.4, 0.5) is 4.79 Å². The number of fused-ring (bicyclic) bond motifs is 1. The second-order valence-corrected chi connectivity index (χ2v) is 13.9. The minimum Gasteiger partial charge on any atom is -0.467 e. The van der Waals surface area contributed by atoms with Crippen molar-refractivity contribution in [2.75, 3.05) is 18.6 Å². The second kappa shape index (κ2) is 21.4. The lowest BCUT2D eigenvalue weighted by molar-refractivity contribution is -0.145. The van der Waals surface area contributed by atoms with Crippen molar-refractivity contribution in [1.29, 1.82) is 0 Å². The van der Waals surface area contributed by atoms with Gasteiger partial charge in [0.25, 0.3) is 0 Å². The van der Waals surface area contributed by atoms with Gasteiger partial charge in [-0.3, -0.25) is 9.59 Å². The molecule has 0 saturated heterocycles. The number of rotatable bonds is 21. The number of methoxy groups -OCH3 is 1. The van der Waals surface area contributed by atoms with Crippen LogP contribution in [0.3, 0.4) is 0 Å². The number of carbonyl (C=O) groups excluding carboxylic acids is 4. The number of alkyl carbamates (subject to hydrolysis) is 1. The van der Waals surface area contributed by atoms with Crippen LogP contribution >= 0.6 is 11.8 Å². The third-order valence-electron chi connectivity index (χ3n) is 7.55. The van der Waals surface area contributed by atoms with Crippen LogP contribution in [0.2, 0.25) is 0 Å². The molecule has 10 nitrogen and oxygen atoms in total. The van der Waals surface area contributed by atoms with Crippen LogP contribution in [-0.2, 0) is 30.3 Å². The molecule has 0 spiro atoms. The van der Waals surface area contributed by atoms with Gasteiger partial charge in [0.15, 0.2) is 0 Å². The molecular formula is C36H56N4O6S. The predicted octanol–water partition coefficient (Wildman–Crippen LogP) is 6.59. The Hall–Kier alpha value is -3.47. The highest BCUT2D eigenvalue weighted by Crippen LogP contribution is 2.19. The Labute approximate surface area is 284 Å². The molecule has 0 radical (unpaired) electrons. The van der Waals surface area contributed by atoms with Gasteiger partial charge in [-0.25, -0.2) is 9.59 Å². The van der Waals surface area contributed by atoms with E-state index in [0.717, 1.165) is 22.9 Å². The van der Waals surface area contributed by atoms with Gasteiger partial charge in [-0.05, 0) is 52.2 Å². The van der Waals surface area contributed by atoms with E-state index in [0.29, 0.717) is 5.75 Å². The summed E-state index contributed by atoms with van der Waals surface area (Å²) in [6.07, 6.45) is 16.8. The summed E-state index contributed by atoms with van der Waals surface area (Å²) in [5, 5.41) is 8.99. The molecule has 0 bridgehead atoms. The number of benzene rings is 1. The van der Waals surface area contributed by atoms with E-state index < -0.39 is 47.6 Å². The van der Waals surface area contributed by atoms with Crippen molar-refractivity contribution in [1.82, 2.24) is 20.9 Å². The van der Waals surface area contributed by atoms with Gasteiger partial charge in [-0.2, -0.15) is 11.8 Å². The summed E-state index contributed by atoms with van der Waals surface area (Å²) in [4.78, 5) is 54.8. The molecule has 2 rings (SSSR count). The molecule has 1 heterocycles. The smallest absolute Gasteiger partial charge is 0.408 e. The fourth-order valence-corrected chi connectivity index (χ4v) is 5.88. The number of aromatic amines is 1. The van der Waals surface area contributed by atoms with E-state index in [4.69, 9.17) is 9.47 Å². The number of allylic oxidation sites excluding steroid dienone is 1. The lowest BCUT2D eigenvalue weighted by Gasteiger charge is -2.24. The zero-order valence-electron chi connectivity index (χ0n) is 29.1. The highest BCUT2D eigenvalue weighted by molar-refractivity contribution is 7.99. The molecule has 0 unspecified atom stereocenters. The van der Waals surface area contributed by atoms with Crippen molar-refractivity contribution < 1.29 is 28.7 Å². The molecule has 3 atom stereocenters. The molecule has 0 aliphatic carbocycles. The average molecular weight is 673 g/mol. The highest BCUT2D eigenvalue weighted by Gasteiger charge is 2.29. The predicted molar refractivity (Wildman–Crippen MR) is 190 cm³/mol. The van der Waals surface area contributed by atoms with Crippen LogP contribution in [-0.4, -0.2) is 71.2 Å². The normalized spacial score (nSPS) is 13.6. The number of hydrogen-bond acceptors (Lipinski definition) is 7. The number of esters is 1. The first-order valence-electron chi connectivity index (χ1n) is 16.9. The maximum absolute atomic E-state index is 13.3. The molecule has 0 saturated carbocycles. The highest BCUT2D eigenvalue weighted by atomic mass is 32.2. The number of hydrogen-bond donors (Lipinski definition) is 4. The zero-order chi connectivity index (χ0) is 34.7. The van der Waals surface area contributed by atoms with E-state index in [9.17, 15) is 19.2 Å². The fraction of sp³-hybridized carbons (Fsp3) is 0.611. The maximum Gasteiger partial charge on any atom is 0.408 e. The summed E-state index contributed by atoms with van der Waals surface area (Å²) >= 11 is 1.50. The van der Waals surface area contributed by atoms with Gasteiger partial charge in [-0.1, -0.05) is 82.2 Å². The number of para-hydroxylation sites is 1. The first kappa shape index (κ1) is 39.7. The lowest BCUT2D eigenvalue weighted by atomic mass is 10.0. The molecule has 1 aromatic carbocycles. The van der Waals surface area contributed by atoms with Crippen molar-refractivity contribution in [3.05, 3.63) is 48.2 Å². The molecule has 4 N–H and O–H groups in total. The van der Waals surface area contributed by atoms with Gasteiger partial charge < -0.3 is 30.4 Å². The largest absolute Gasteiger partial charge is 0.467 e. The van der Waals surface area contributed by atoms with Crippen LogP contribution in [0.1, 0.15) is 98.0 Å². The van der Waals surface area contributed by atoms with Gasteiger partial charge in [0, 0.05) is 35.0 Å².